The number of likely N-dealkylation sites (tertiary alicyclic amines) is 1. The molecular weight excluding hydrogens is 286 g/mol. The molecule has 1 aliphatic rings. The summed E-state index contributed by atoms with van der Waals surface area (Å²) in [5.41, 5.74) is 1.64. The number of aromatic carboxylic acids is 1. The van der Waals surface area contributed by atoms with Crippen LogP contribution in [-0.4, -0.2) is 45.4 Å². The van der Waals surface area contributed by atoms with Crippen molar-refractivity contribution in [1.29, 1.82) is 0 Å². The van der Waals surface area contributed by atoms with Crippen LogP contribution in [-0.2, 0) is 11.3 Å². The third-order valence-electron chi connectivity index (χ3n) is 3.65. The molecule has 7 nitrogen and oxygen atoms in total. The number of carbonyl (C=O) groups excluding carboxylic acids is 1. The third-order valence-corrected chi connectivity index (χ3v) is 3.65. The molecule has 2 N–H and O–H groups in total. The predicted octanol–water partition coefficient (Wildman–Crippen LogP) is 1.84. The number of hydrogen-bond acceptors (Lipinski definition) is 4. The molecule has 114 valence electrons. The molecule has 1 amide bonds. The lowest BCUT2D eigenvalue weighted by molar-refractivity contribution is 0.0642. The molecule has 0 bridgehead atoms. The van der Waals surface area contributed by atoms with E-state index in [9.17, 15) is 9.59 Å². The van der Waals surface area contributed by atoms with Crippen LogP contribution in [0.25, 0.3) is 0 Å². The Morgan fingerprint density at radius 2 is 2.05 bits per heavy atom. The lowest BCUT2D eigenvalue weighted by Gasteiger charge is -2.37. The van der Waals surface area contributed by atoms with E-state index in [1.54, 1.807) is 4.90 Å². The number of carbonyl (C=O) groups is 2. The van der Waals surface area contributed by atoms with Crippen LogP contribution in [0.5, 0.6) is 0 Å². The van der Waals surface area contributed by atoms with Gasteiger partial charge in [0.2, 0.25) is 0 Å². The SMILES string of the molecule is O=C(O)c1cn[nH]c1C1CN(C(=O)OCc2ccccc2)C1. The first-order valence-electron chi connectivity index (χ1n) is 6.87. The van der Waals surface area contributed by atoms with Crippen molar-refractivity contribution >= 4 is 12.1 Å². The van der Waals surface area contributed by atoms with Gasteiger partial charge in [-0.15, -0.1) is 0 Å². The van der Waals surface area contributed by atoms with Gasteiger partial charge in [-0.25, -0.2) is 9.59 Å². The first-order chi connectivity index (χ1) is 10.6. The molecule has 2 aromatic rings. The van der Waals surface area contributed by atoms with E-state index in [2.05, 4.69) is 10.2 Å². The molecule has 2 heterocycles. The third kappa shape index (κ3) is 2.78. The number of nitrogens with one attached hydrogen (secondary N) is 1. The van der Waals surface area contributed by atoms with Crippen LogP contribution < -0.4 is 0 Å². The summed E-state index contributed by atoms with van der Waals surface area (Å²) in [6, 6.07) is 9.44. The van der Waals surface area contributed by atoms with Gasteiger partial charge < -0.3 is 14.7 Å². The minimum Gasteiger partial charge on any atom is -0.478 e. The normalized spacial score (nSPS) is 14.5. The van der Waals surface area contributed by atoms with E-state index in [1.165, 1.54) is 6.20 Å². The van der Waals surface area contributed by atoms with E-state index < -0.39 is 12.1 Å². The average molecular weight is 301 g/mol. The molecule has 0 atom stereocenters. The van der Waals surface area contributed by atoms with Crippen molar-refractivity contribution in [2.45, 2.75) is 12.5 Å². The van der Waals surface area contributed by atoms with Gasteiger partial charge in [0.1, 0.15) is 12.2 Å². The summed E-state index contributed by atoms with van der Waals surface area (Å²) in [5.74, 6) is -1.06. The summed E-state index contributed by atoms with van der Waals surface area (Å²) < 4.78 is 5.22. The number of aromatic amines is 1. The molecule has 1 fully saturated rings. The highest BCUT2D eigenvalue weighted by Crippen LogP contribution is 2.28. The van der Waals surface area contributed by atoms with E-state index in [0.717, 1.165) is 5.56 Å². The standard InChI is InChI=1S/C15H15N3O4/c19-14(20)12-6-16-17-13(12)11-7-18(8-11)15(21)22-9-10-4-2-1-3-5-10/h1-6,11H,7-9H2,(H,16,17)(H,19,20). The fraction of sp³-hybridized carbons (Fsp3) is 0.267. The van der Waals surface area contributed by atoms with Crippen molar-refractivity contribution in [3.05, 3.63) is 53.3 Å². The topological polar surface area (TPSA) is 95.5 Å². The molecule has 0 unspecified atom stereocenters. The first kappa shape index (κ1) is 14.1. The van der Waals surface area contributed by atoms with Gasteiger partial charge in [-0.2, -0.15) is 5.10 Å². The van der Waals surface area contributed by atoms with Gasteiger partial charge in [0.15, 0.2) is 0 Å². The Balaban J connectivity index is 1.51. The second-order valence-electron chi connectivity index (χ2n) is 5.14. The summed E-state index contributed by atoms with van der Waals surface area (Å²) in [4.78, 5) is 24.5. The zero-order valence-corrected chi connectivity index (χ0v) is 11.7. The van der Waals surface area contributed by atoms with Crippen LogP contribution in [0.15, 0.2) is 36.5 Å². The van der Waals surface area contributed by atoms with E-state index >= 15 is 0 Å². The number of H-pyrrole nitrogens is 1. The molecule has 0 radical (unpaired) electrons. The van der Waals surface area contributed by atoms with Gasteiger partial charge in [0.25, 0.3) is 0 Å². The molecule has 0 aliphatic carbocycles. The van der Waals surface area contributed by atoms with Crippen molar-refractivity contribution < 1.29 is 19.4 Å². The number of benzene rings is 1. The summed E-state index contributed by atoms with van der Waals surface area (Å²) >= 11 is 0. The molecule has 1 aromatic heterocycles. The fourth-order valence-corrected chi connectivity index (χ4v) is 2.40. The first-order valence-corrected chi connectivity index (χ1v) is 6.87. The summed E-state index contributed by atoms with van der Waals surface area (Å²) in [6.45, 7) is 1.08. The van der Waals surface area contributed by atoms with Gasteiger partial charge >= 0.3 is 12.1 Å². The molecular formula is C15H15N3O4. The van der Waals surface area contributed by atoms with Gasteiger partial charge in [-0.3, -0.25) is 5.10 Å². The van der Waals surface area contributed by atoms with E-state index in [0.29, 0.717) is 18.8 Å². The number of aromatic nitrogens is 2. The Morgan fingerprint density at radius 3 is 2.73 bits per heavy atom. The maximum absolute atomic E-state index is 11.9. The highest BCUT2D eigenvalue weighted by molar-refractivity contribution is 5.89. The van der Waals surface area contributed by atoms with Crippen molar-refractivity contribution in [2.75, 3.05) is 13.1 Å². The number of rotatable bonds is 4. The second kappa shape index (κ2) is 5.88. The maximum Gasteiger partial charge on any atom is 0.410 e. The molecule has 22 heavy (non-hydrogen) atoms. The molecule has 0 saturated carbocycles. The molecule has 1 aromatic carbocycles. The van der Waals surface area contributed by atoms with Gasteiger partial charge in [-0.1, -0.05) is 30.3 Å². The zero-order chi connectivity index (χ0) is 15.5. The van der Waals surface area contributed by atoms with Gasteiger partial charge in [0, 0.05) is 19.0 Å². The lowest BCUT2D eigenvalue weighted by Crippen LogP contribution is -2.49. The van der Waals surface area contributed by atoms with Crippen molar-refractivity contribution in [1.82, 2.24) is 15.1 Å². The lowest BCUT2D eigenvalue weighted by atomic mass is 9.94. The zero-order valence-electron chi connectivity index (χ0n) is 11.7. The second-order valence-corrected chi connectivity index (χ2v) is 5.14. The Kier molecular flexibility index (Phi) is 3.78. The highest BCUT2D eigenvalue weighted by Gasteiger charge is 2.36. The number of hydrogen-bond donors (Lipinski definition) is 2. The van der Waals surface area contributed by atoms with E-state index in [1.807, 2.05) is 30.3 Å². The number of nitrogens with zero attached hydrogens (tertiary/aromatic N) is 2. The van der Waals surface area contributed by atoms with Crippen LogP contribution in [0.4, 0.5) is 4.79 Å². The van der Waals surface area contributed by atoms with Gasteiger partial charge in [-0.05, 0) is 5.56 Å². The Labute approximate surface area is 126 Å². The molecule has 0 spiro atoms. The summed E-state index contributed by atoms with van der Waals surface area (Å²) in [7, 11) is 0. The predicted molar refractivity (Wildman–Crippen MR) is 76.5 cm³/mol. The van der Waals surface area contributed by atoms with Crippen LogP contribution in [0.1, 0.15) is 27.5 Å². The number of amides is 1. The average Bonchev–Trinajstić information content (AvgIpc) is 2.94. The van der Waals surface area contributed by atoms with Crippen LogP contribution in [0.3, 0.4) is 0 Å². The van der Waals surface area contributed by atoms with E-state index in [-0.39, 0.29) is 18.1 Å². The van der Waals surface area contributed by atoms with Crippen molar-refractivity contribution in [3.8, 4) is 0 Å². The summed E-state index contributed by atoms with van der Waals surface area (Å²) in [5, 5.41) is 15.5. The fourth-order valence-electron chi connectivity index (χ4n) is 2.40. The minimum atomic E-state index is -1.02. The Bertz CT molecular complexity index is 677. The Hall–Kier alpha value is -2.83. The monoisotopic (exact) mass is 301 g/mol. The largest absolute Gasteiger partial charge is 0.478 e. The molecule has 7 heteroatoms. The number of carboxylic acids is 1. The van der Waals surface area contributed by atoms with E-state index in [4.69, 9.17) is 9.84 Å². The smallest absolute Gasteiger partial charge is 0.410 e. The van der Waals surface area contributed by atoms with Crippen LogP contribution in [0.2, 0.25) is 0 Å². The number of carboxylic acid groups (broad SMARTS) is 1. The molecule has 1 aliphatic heterocycles. The molecule has 1 saturated heterocycles. The molecule has 3 rings (SSSR count). The minimum absolute atomic E-state index is 0.0436. The summed E-state index contributed by atoms with van der Waals surface area (Å²) in [6.07, 6.45) is 0.894. The van der Waals surface area contributed by atoms with Crippen LogP contribution >= 0.6 is 0 Å². The quantitative estimate of drug-likeness (QED) is 0.898. The van der Waals surface area contributed by atoms with Crippen molar-refractivity contribution in [2.24, 2.45) is 0 Å². The van der Waals surface area contributed by atoms with Crippen molar-refractivity contribution in [3.63, 3.8) is 0 Å². The number of ether oxygens (including phenoxy) is 1. The maximum atomic E-state index is 11.9. The highest BCUT2D eigenvalue weighted by atomic mass is 16.6. The Morgan fingerprint density at radius 1 is 1.32 bits per heavy atom. The van der Waals surface area contributed by atoms with Crippen LogP contribution in [0, 0.1) is 0 Å². The van der Waals surface area contributed by atoms with Gasteiger partial charge in [0.05, 0.1) is 11.9 Å².